The van der Waals surface area contributed by atoms with Gasteiger partial charge in [0.05, 0.1) is 7.11 Å². The van der Waals surface area contributed by atoms with Crippen LogP contribution in [0.25, 0.3) is 0 Å². The van der Waals surface area contributed by atoms with E-state index in [1.807, 2.05) is 0 Å². The molecule has 0 fully saturated rings. The van der Waals surface area contributed by atoms with Crippen molar-refractivity contribution in [2.75, 3.05) is 13.7 Å². The predicted molar refractivity (Wildman–Crippen MR) is 36.0 cm³/mol. The van der Waals surface area contributed by atoms with Gasteiger partial charge in [0.25, 0.3) is 0 Å². The van der Waals surface area contributed by atoms with Crippen molar-refractivity contribution in [3.05, 3.63) is 12.2 Å². The number of ether oxygens (including phenoxy) is 1. The number of hydrogen-bond acceptors (Lipinski definition) is 3. The molecule has 0 atom stereocenters. The Morgan fingerprint density at radius 2 is 2.50 bits per heavy atom. The van der Waals surface area contributed by atoms with Crippen molar-refractivity contribution in [2.45, 2.75) is 0 Å². The van der Waals surface area contributed by atoms with Crippen LogP contribution in [-0.2, 0) is 9.53 Å². The average molecular weight is 140 g/mol. The lowest BCUT2D eigenvalue weighted by Gasteiger charge is -1.84. The molecule has 3 nitrogen and oxygen atoms in total. The molecule has 10 heavy (non-hydrogen) atoms. The quantitative estimate of drug-likeness (QED) is 0.309. The maximum Gasteiger partial charge on any atom is 0.331 e. The fourth-order valence-corrected chi connectivity index (χ4v) is 0.282. The fraction of sp³-hybridized carbons (Fsp3) is 0.286. The van der Waals surface area contributed by atoms with Gasteiger partial charge in [-0.3, -0.25) is 0 Å². The van der Waals surface area contributed by atoms with E-state index in [2.05, 4.69) is 16.6 Å². The van der Waals surface area contributed by atoms with Crippen LogP contribution in [0.5, 0.6) is 0 Å². The van der Waals surface area contributed by atoms with Gasteiger partial charge in [0.1, 0.15) is 6.61 Å². The van der Waals surface area contributed by atoms with Gasteiger partial charge in [0.2, 0.25) is 0 Å². The Kier molecular flexibility index (Phi) is 5.12. The number of carbonyl (C=O) groups excluding carboxylic acids is 1. The number of aliphatic hydroxyl groups excluding tert-OH is 1. The zero-order valence-corrected chi connectivity index (χ0v) is 5.63. The van der Waals surface area contributed by atoms with Crippen LogP contribution >= 0.6 is 0 Å². The van der Waals surface area contributed by atoms with Gasteiger partial charge in [-0.1, -0.05) is 11.8 Å². The van der Waals surface area contributed by atoms with Crippen molar-refractivity contribution in [2.24, 2.45) is 0 Å². The summed E-state index contributed by atoms with van der Waals surface area (Å²) in [6.07, 6.45) is 2.50. The first-order valence-electron chi connectivity index (χ1n) is 2.65. The molecule has 0 amide bonds. The van der Waals surface area contributed by atoms with Crippen molar-refractivity contribution >= 4 is 5.97 Å². The molecule has 0 rings (SSSR count). The van der Waals surface area contributed by atoms with Crippen molar-refractivity contribution in [1.29, 1.82) is 0 Å². The lowest BCUT2D eigenvalue weighted by Crippen LogP contribution is -1.92. The van der Waals surface area contributed by atoms with Gasteiger partial charge in [0.15, 0.2) is 0 Å². The maximum atomic E-state index is 10.3. The van der Waals surface area contributed by atoms with E-state index in [0.29, 0.717) is 0 Å². The summed E-state index contributed by atoms with van der Waals surface area (Å²) in [7, 11) is 1.28. The van der Waals surface area contributed by atoms with E-state index < -0.39 is 5.97 Å². The van der Waals surface area contributed by atoms with Crippen LogP contribution in [-0.4, -0.2) is 24.8 Å². The SMILES string of the molecule is COC(=O)/C=C\C#CCO. The van der Waals surface area contributed by atoms with Crippen LogP contribution in [0, 0.1) is 11.8 Å². The van der Waals surface area contributed by atoms with E-state index in [9.17, 15) is 4.79 Å². The number of rotatable bonds is 1. The summed E-state index contributed by atoms with van der Waals surface area (Å²) in [4.78, 5) is 10.3. The predicted octanol–water partition coefficient (Wildman–Crippen LogP) is -0.289. The highest BCUT2D eigenvalue weighted by atomic mass is 16.5. The molecule has 0 saturated heterocycles. The first-order chi connectivity index (χ1) is 4.81. The lowest BCUT2D eigenvalue weighted by molar-refractivity contribution is -0.134. The zero-order chi connectivity index (χ0) is 7.82. The standard InChI is InChI=1S/C7H8O3/c1-10-7(9)5-3-2-4-6-8/h3,5,8H,6H2,1H3/b5-3-. The third kappa shape index (κ3) is 4.88. The summed E-state index contributed by atoms with van der Waals surface area (Å²) >= 11 is 0. The normalized spacial score (nSPS) is 8.60. The second-order valence-corrected chi connectivity index (χ2v) is 1.34. The molecular weight excluding hydrogens is 132 g/mol. The lowest BCUT2D eigenvalue weighted by atomic mass is 10.5. The van der Waals surface area contributed by atoms with Crippen molar-refractivity contribution in [3.63, 3.8) is 0 Å². The molecule has 0 aliphatic rings. The molecule has 3 heteroatoms. The summed E-state index contributed by atoms with van der Waals surface area (Å²) in [5.74, 6) is 4.31. The molecule has 0 saturated carbocycles. The Labute approximate surface area is 59.3 Å². The van der Waals surface area contributed by atoms with Gasteiger partial charge < -0.3 is 9.84 Å². The van der Waals surface area contributed by atoms with E-state index in [1.54, 1.807) is 0 Å². The third-order valence-corrected chi connectivity index (χ3v) is 0.685. The molecule has 0 aromatic rings. The van der Waals surface area contributed by atoms with Gasteiger partial charge in [-0.25, -0.2) is 4.79 Å². The van der Waals surface area contributed by atoms with Crippen molar-refractivity contribution in [3.8, 4) is 11.8 Å². The Morgan fingerprint density at radius 3 is 3.00 bits per heavy atom. The average Bonchev–Trinajstić information content (AvgIpc) is 1.98. The van der Waals surface area contributed by atoms with Crippen molar-refractivity contribution in [1.82, 2.24) is 0 Å². The summed E-state index contributed by atoms with van der Waals surface area (Å²) in [5.41, 5.74) is 0. The molecule has 0 heterocycles. The fourth-order valence-electron chi connectivity index (χ4n) is 0.282. The minimum atomic E-state index is -0.452. The largest absolute Gasteiger partial charge is 0.466 e. The molecular formula is C7H8O3. The van der Waals surface area contributed by atoms with Crippen LogP contribution in [0.15, 0.2) is 12.2 Å². The molecule has 1 N–H and O–H groups in total. The van der Waals surface area contributed by atoms with Crippen molar-refractivity contribution < 1.29 is 14.6 Å². The summed E-state index contributed by atoms with van der Waals surface area (Å²) < 4.78 is 4.27. The highest BCUT2D eigenvalue weighted by Gasteiger charge is 1.85. The molecule has 0 radical (unpaired) electrons. The third-order valence-electron chi connectivity index (χ3n) is 0.685. The molecule has 0 bridgehead atoms. The first-order valence-corrected chi connectivity index (χ1v) is 2.65. The summed E-state index contributed by atoms with van der Waals surface area (Å²) in [5, 5.41) is 8.17. The Morgan fingerprint density at radius 1 is 1.80 bits per heavy atom. The monoisotopic (exact) mass is 140 g/mol. The van der Waals surface area contributed by atoms with Gasteiger partial charge in [-0.05, 0) is 6.08 Å². The minimum absolute atomic E-state index is 0.203. The van der Waals surface area contributed by atoms with Crippen LogP contribution < -0.4 is 0 Å². The van der Waals surface area contributed by atoms with E-state index in [-0.39, 0.29) is 6.61 Å². The summed E-state index contributed by atoms with van der Waals surface area (Å²) in [6, 6.07) is 0. The molecule has 54 valence electrons. The second-order valence-electron chi connectivity index (χ2n) is 1.34. The van der Waals surface area contributed by atoms with Crippen LogP contribution in [0.3, 0.4) is 0 Å². The van der Waals surface area contributed by atoms with Crippen LogP contribution in [0.2, 0.25) is 0 Å². The van der Waals surface area contributed by atoms with Gasteiger partial charge in [-0.2, -0.15) is 0 Å². The minimum Gasteiger partial charge on any atom is -0.466 e. The highest BCUT2D eigenvalue weighted by molar-refractivity contribution is 5.82. The highest BCUT2D eigenvalue weighted by Crippen LogP contribution is 1.75. The molecule has 0 aliphatic heterocycles. The molecule has 0 unspecified atom stereocenters. The topological polar surface area (TPSA) is 46.5 Å². The first kappa shape index (κ1) is 8.73. The van der Waals surface area contributed by atoms with E-state index in [0.717, 1.165) is 0 Å². The number of aliphatic hydroxyl groups is 1. The molecule has 0 aromatic carbocycles. The van der Waals surface area contributed by atoms with Crippen LogP contribution in [0.1, 0.15) is 0 Å². The Bertz CT molecular complexity index is 183. The number of hydrogen-bond donors (Lipinski definition) is 1. The smallest absolute Gasteiger partial charge is 0.331 e. The van der Waals surface area contributed by atoms with E-state index in [4.69, 9.17) is 5.11 Å². The molecule has 0 spiro atoms. The number of esters is 1. The van der Waals surface area contributed by atoms with Gasteiger partial charge in [0, 0.05) is 6.08 Å². The van der Waals surface area contributed by atoms with Gasteiger partial charge in [-0.15, -0.1) is 0 Å². The Hall–Kier alpha value is -1.27. The Balaban J connectivity index is 3.65. The van der Waals surface area contributed by atoms with Crippen LogP contribution in [0.4, 0.5) is 0 Å². The number of carbonyl (C=O) groups is 1. The zero-order valence-electron chi connectivity index (χ0n) is 5.63. The van der Waals surface area contributed by atoms with Gasteiger partial charge >= 0.3 is 5.97 Å². The number of methoxy groups -OCH3 is 1. The maximum absolute atomic E-state index is 10.3. The summed E-state index contributed by atoms with van der Waals surface area (Å²) in [6.45, 7) is -0.203. The molecule has 0 aromatic heterocycles. The molecule has 0 aliphatic carbocycles. The van der Waals surface area contributed by atoms with E-state index >= 15 is 0 Å². The van der Waals surface area contributed by atoms with E-state index in [1.165, 1.54) is 19.3 Å². The second kappa shape index (κ2) is 5.86. The number of allylic oxidation sites excluding steroid dienone is 1.